The summed E-state index contributed by atoms with van der Waals surface area (Å²) in [7, 11) is 0. The highest BCUT2D eigenvalue weighted by atomic mass is 79.9. The summed E-state index contributed by atoms with van der Waals surface area (Å²) in [6, 6.07) is 4.70. The van der Waals surface area contributed by atoms with Gasteiger partial charge in [0.25, 0.3) is 5.69 Å². The summed E-state index contributed by atoms with van der Waals surface area (Å²) in [6.07, 6.45) is 1.54. The molecule has 9 heteroatoms. The number of rotatable bonds is 5. The molecule has 23 heavy (non-hydrogen) atoms. The number of halogens is 1. The van der Waals surface area contributed by atoms with Gasteiger partial charge >= 0.3 is 0 Å². The fourth-order valence-electron chi connectivity index (χ4n) is 1.81. The van der Waals surface area contributed by atoms with Crippen LogP contribution >= 0.6 is 28.1 Å². The Hall–Kier alpha value is -2.13. The van der Waals surface area contributed by atoms with Gasteiger partial charge in [-0.3, -0.25) is 10.1 Å². The topological polar surface area (TPSA) is 90.2 Å². The van der Waals surface area contributed by atoms with E-state index >= 15 is 0 Å². The average molecular weight is 397 g/mol. The number of nitrogens with zero attached hydrogens (tertiary/aromatic N) is 3. The maximum atomic E-state index is 11.2. The standard InChI is InChI=1S/C14H13BrN4O3S/c1-3-22-14(23)10-7-16-8(2)17-13(10)18-11-5-4-9(15)6-12(11)19(20)21/h4-7H,3H2,1-2H3,(H,16,17,18). The third-order valence-corrected chi connectivity index (χ3v) is 3.65. The third kappa shape index (κ3) is 4.20. The molecule has 1 heterocycles. The van der Waals surface area contributed by atoms with Crippen LogP contribution < -0.4 is 5.32 Å². The monoisotopic (exact) mass is 396 g/mol. The Morgan fingerprint density at radius 1 is 1.52 bits per heavy atom. The van der Waals surface area contributed by atoms with Crippen molar-refractivity contribution in [1.82, 2.24) is 9.97 Å². The minimum atomic E-state index is -0.471. The number of nitro groups is 1. The predicted octanol–water partition coefficient (Wildman–Crippen LogP) is 3.91. The van der Waals surface area contributed by atoms with Crippen molar-refractivity contribution in [2.75, 3.05) is 11.9 Å². The van der Waals surface area contributed by atoms with E-state index in [9.17, 15) is 10.1 Å². The highest BCUT2D eigenvalue weighted by Crippen LogP contribution is 2.31. The smallest absolute Gasteiger partial charge is 0.293 e. The Balaban J connectivity index is 2.46. The van der Waals surface area contributed by atoms with Crippen LogP contribution in [0.1, 0.15) is 18.3 Å². The van der Waals surface area contributed by atoms with Gasteiger partial charge < -0.3 is 10.1 Å². The maximum absolute atomic E-state index is 11.2. The van der Waals surface area contributed by atoms with Gasteiger partial charge in [0.2, 0.25) is 0 Å². The van der Waals surface area contributed by atoms with Crippen molar-refractivity contribution in [1.29, 1.82) is 0 Å². The lowest BCUT2D eigenvalue weighted by molar-refractivity contribution is -0.384. The van der Waals surface area contributed by atoms with E-state index in [1.807, 2.05) is 6.92 Å². The van der Waals surface area contributed by atoms with Gasteiger partial charge in [0.05, 0.1) is 17.1 Å². The normalized spacial score (nSPS) is 10.2. The molecule has 0 radical (unpaired) electrons. The number of aryl methyl sites for hydroxylation is 1. The van der Waals surface area contributed by atoms with Gasteiger partial charge in [-0.25, -0.2) is 9.97 Å². The van der Waals surface area contributed by atoms with Gasteiger partial charge in [0.15, 0.2) is 5.05 Å². The number of aromatic nitrogens is 2. The second kappa shape index (κ2) is 7.42. The lowest BCUT2D eigenvalue weighted by Crippen LogP contribution is -2.10. The molecule has 7 nitrogen and oxygen atoms in total. The van der Waals surface area contributed by atoms with Crippen LogP contribution in [0.25, 0.3) is 0 Å². The summed E-state index contributed by atoms with van der Waals surface area (Å²) in [5.41, 5.74) is 0.699. The van der Waals surface area contributed by atoms with Crippen LogP contribution in [0.3, 0.4) is 0 Å². The first kappa shape index (κ1) is 17.2. The minimum Gasteiger partial charge on any atom is -0.483 e. The molecule has 1 aromatic heterocycles. The fourth-order valence-corrected chi connectivity index (χ4v) is 2.43. The first-order valence-electron chi connectivity index (χ1n) is 6.64. The number of ether oxygens (including phenoxy) is 1. The molecule has 0 aliphatic heterocycles. The Bertz CT molecular complexity index is 770. The maximum Gasteiger partial charge on any atom is 0.293 e. The fraction of sp³-hybridized carbons (Fsp3) is 0.214. The van der Waals surface area contributed by atoms with Crippen molar-refractivity contribution in [3.63, 3.8) is 0 Å². The summed E-state index contributed by atoms with van der Waals surface area (Å²) >= 11 is 8.41. The molecule has 0 bridgehead atoms. The number of thiocarbonyl (C=S) groups is 1. The number of nitro benzene ring substituents is 1. The van der Waals surface area contributed by atoms with Crippen molar-refractivity contribution in [2.45, 2.75) is 13.8 Å². The molecular formula is C14H13BrN4O3S. The Morgan fingerprint density at radius 3 is 2.91 bits per heavy atom. The molecular weight excluding hydrogens is 384 g/mol. The van der Waals surface area contributed by atoms with Gasteiger partial charge in [0.1, 0.15) is 17.3 Å². The van der Waals surface area contributed by atoms with Gasteiger partial charge in [0, 0.05) is 16.7 Å². The van der Waals surface area contributed by atoms with Crippen molar-refractivity contribution in [3.05, 3.63) is 50.4 Å². The number of hydrogen-bond donors (Lipinski definition) is 1. The van der Waals surface area contributed by atoms with E-state index in [1.54, 1.807) is 19.1 Å². The Labute approximate surface area is 146 Å². The van der Waals surface area contributed by atoms with Crippen LogP contribution in [0.15, 0.2) is 28.9 Å². The molecule has 0 saturated carbocycles. The van der Waals surface area contributed by atoms with E-state index in [4.69, 9.17) is 17.0 Å². The highest BCUT2D eigenvalue weighted by molar-refractivity contribution is 9.10. The zero-order valence-electron chi connectivity index (χ0n) is 12.4. The Kier molecular flexibility index (Phi) is 5.56. The van der Waals surface area contributed by atoms with E-state index in [-0.39, 0.29) is 10.7 Å². The number of hydrogen-bond acceptors (Lipinski definition) is 7. The van der Waals surface area contributed by atoms with Gasteiger partial charge in [-0.2, -0.15) is 0 Å². The van der Waals surface area contributed by atoms with E-state index in [1.165, 1.54) is 12.3 Å². The quantitative estimate of drug-likeness (QED) is 0.465. The largest absolute Gasteiger partial charge is 0.483 e. The molecule has 0 amide bonds. The van der Waals surface area contributed by atoms with E-state index in [0.717, 1.165) is 0 Å². The van der Waals surface area contributed by atoms with Crippen LogP contribution in [-0.2, 0) is 4.74 Å². The molecule has 1 N–H and O–H groups in total. The molecule has 0 fully saturated rings. The molecule has 0 spiro atoms. The van der Waals surface area contributed by atoms with E-state index in [0.29, 0.717) is 34.0 Å². The summed E-state index contributed by atoms with van der Waals surface area (Å²) in [5, 5.41) is 14.4. The zero-order chi connectivity index (χ0) is 17.0. The summed E-state index contributed by atoms with van der Waals surface area (Å²) in [6.45, 7) is 3.94. The van der Waals surface area contributed by atoms with Crippen LogP contribution in [0.2, 0.25) is 0 Å². The lowest BCUT2D eigenvalue weighted by Gasteiger charge is -2.12. The number of anilines is 2. The van der Waals surface area contributed by atoms with Gasteiger partial charge in [-0.05, 0) is 38.2 Å². The van der Waals surface area contributed by atoms with Crippen molar-refractivity contribution in [3.8, 4) is 0 Å². The van der Waals surface area contributed by atoms with Crippen molar-refractivity contribution < 1.29 is 9.66 Å². The molecule has 2 aromatic rings. The third-order valence-electron chi connectivity index (χ3n) is 2.81. The number of benzene rings is 1. The molecule has 120 valence electrons. The van der Waals surface area contributed by atoms with Crippen LogP contribution in [-0.4, -0.2) is 26.5 Å². The predicted molar refractivity (Wildman–Crippen MR) is 94.2 cm³/mol. The van der Waals surface area contributed by atoms with Crippen LogP contribution in [0.4, 0.5) is 17.2 Å². The summed E-state index contributed by atoms with van der Waals surface area (Å²) in [5.74, 6) is 0.872. The molecule has 0 atom stereocenters. The lowest BCUT2D eigenvalue weighted by atomic mass is 10.2. The summed E-state index contributed by atoms with van der Waals surface area (Å²) < 4.78 is 5.92. The molecule has 0 saturated heterocycles. The summed E-state index contributed by atoms with van der Waals surface area (Å²) in [4.78, 5) is 19.1. The van der Waals surface area contributed by atoms with Gasteiger partial charge in [-0.1, -0.05) is 15.9 Å². The average Bonchev–Trinajstić information content (AvgIpc) is 2.49. The van der Waals surface area contributed by atoms with Crippen molar-refractivity contribution in [2.24, 2.45) is 0 Å². The highest BCUT2D eigenvalue weighted by Gasteiger charge is 2.18. The SMILES string of the molecule is CCOC(=S)c1cnc(C)nc1Nc1ccc(Br)cc1[N+](=O)[O-]. The first-order chi connectivity index (χ1) is 10.9. The van der Waals surface area contributed by atoms with Crippen LogP contribution in [0, 0.1) is 17.0 Å². The van der Waals surface area contributed by atoms with E-state index < -0.39 is 4.92 Å². The minimum absolute atomic E-state index is 0.0797. The number of nitrogens with one attached hydrogen (secondary N) is 1. The van der Waals surface area contributed by atoms with Crippen molar-refractivity contribution >= 4 is 50.4 Å². The van der Waals surface area contributed by atoms with Gasteiger partial charge in [-0.15, -0.1) is 0 Å². The molecule has 0 aliphatic carbocycles. The van der Waals surface area contributed by atoms with Crippen LogP contribution in [0.5, 0.6) is 0 Å². The Morgan fingerprint density at radius 2 is 2.26 bits per heavy atom. The molecule has 0 aliphatic rings. The molecule has 2 rings (SSSR count). The first-order valence-corrected chi connectivity index (χ1v) is 7.84. The second-order valence-electron chi connectivity index (χ2n) is 4.44. The second-order valence-corrected chi connectivity index (χ2v) is 5.73. The molecule has 1 aromatic carbocycles. The molecule has 0 unspecified atom stereocenters. The zero-order valence-corrected chi connectivity index (χ0v) is 14.8. The van der Waals surface area contributed by atoms with E-state index in [2.05, 4.69) is 31.2 Å².